The van der Waals surface area contributed by atoms with Crippen LogP contribution >= 0.6 is 0 Å². The van der Waals surface area contributed by atoms with E-state index in [1.807, 2.05) is 0 Å². The van der Waals surface area contributed by atoms with Gasteiger partial charge in [0.2, 0.25) is 0 Å². The quantitative estimate of drug-likeness (QED) is 0.130. The zero-order valence-corrected chi connectivity index (χ0v) is 25.5. The van der Waals surface area contributed by atoms with Crippen LogP contribution in [0.2, 0.25) is 0 Å². The van der Waals surface area contributed by atoms with Gasteiger partial charge in [0, 0.05) is 0 Å². The maximum absolute atomic E-state index is 9.64. The minimum Gasteiger partial charge on any atom is -0.0622 e. The number of rotatable bonds is 4. The Kier molecular flexibility index (Phi) is 3.03. The fourth-order valence-electron chi connectivity index (χ4n) is 6.37. The van der Waals surface area contributed by atoms with Gasteiger partial charge in [-0.15, -0.1) is 0 Å². The van der Waals surface area contributed by atoms with E-state index in [1.54, 1.807) is 0 Å². The van der Waals surface area contributed by atoms with Crippen LogP contribution in [0.25, 0.3) is 98.4 Å². The number of hydrogen-bond donors (Lipinski definition) is 0. The van der Waals surface area contributed by atoms with Gasteiger partial charge in [0.1, 0.15) is 0 Å². The first-order valence-electron chi connectivity index (χ1n) is 27.8. The van der Waals surface area contributed by atoms with Crippen LogP contribution in [0.15, 0.2) is 194 Å². The molecule has 232 valence electrons. The van der Waals surface area contributed by atoms with Gasteiger partial charge in [-0.3, -0.25) is 0 Å². The van der Waals surface area contributed by atoms with Crippen molar-refractivity contribution < 1.29 is 34.3 Å². The Morgan fingerprint density at radius 2 is 0.780 bits per heavy atom. The van der Waals surface area contributed by atoms with Crippen LogP contribution in [0.1, 0.15) is 34.3 Å². The summed E-state index contributed by atoms with van der Waals surface area (Å²) < 4.78 is 227. The molecule has 0 fully saturated rings. The Labute approximate surface area is 326 Å². The highest BCUT2D eigenvalue weighted by Crippen LogP contribution is 2.47. The molecule has 0 aliphatic heterocycles. The van der Waals surface area contributed by atoms with E-state index in [2.05, 4.69) is 0 Å². The maximum atomic E-state index is 9.64. The number of hydrogen-bond acceptors (Lipinski definition) is 0. The minimum absolute atomic E-state index is 0.0219. The molecule has 50 heavy (non-hydrogen) atoms. The molecule has 0 saturated heterocycles. The highest BCUT2D eigenvalue weighted by molar-refractivity contribution is 6.25. The molecule has 0 atom stereocenters. The van der Waals surface area contributed by atoms with Gasteiger partial charge < -0.3 is 0 Å². The lowest BCUT2D eigenvalue weighted by Gasteiger charge is -2.20. The lowest BCUT2D eigenvalue weighted by Crippen LogP contribution is -1.93. The summed E-state index contributed by atoms with van der Waals surface area (Å²) in [6.07, 6.45) is 0. The molecular weight excluding hydrogens is 601 g/mol. The molecule has 10 aromatic carbocycles. The second-order valence-corrected chi connectivity index (χ2v) is 11.3. The van der Waals surface area contributed by atoms with Crippen molar-refractivity contribution in [3.05, 3.63) is 194 Å². The Balaban J connectivity index is 1.52. The molecule has 0 saturated carbocycles. The maximum Gasteiger partial charge on any atom is 0.0636 e. The van der Waals surface area contributed by atoms with Gasteiger partial charge in [-0.1, -0.05) is 163 Å². The minimum atomic E-state index is -0.950. The summed E-state index contributed by atoms with van der Waals surface area (Å²) in [7, 11) is 0. The van der Waals surface area contributed by atoms with E-state index >= 15 is 0 Å². The molecule has 0 aromatic heterocycles. The highest BCUT2D eigenvalue weighted by Gasteiger charge is 2.19. The third-order valence-corrected chi connectivity index (χ3v) is 8.50. The van der Waals surface area contributed by atoms with Gasteiger partial charge in [-0.25, -0.2) is 0 Å². The molecule has 0 unspecified atom stereocenters. The third kappa shape index (κ3) is 4.61. The largest absolute Gasteiger partial charge is 0.0636 e. The van der Waals surface area contributed by atoms with Gasteiger partial charge >= 0.3 is 0 Å². The smallest absolute Gasteiger partial charge is 0.0622 e. The molecule has 0 bridgehead atoms. The van der Waals surface area contributed by atoms with E-state index in [-0.39, 0.29) is 69.6 Å². The molecule has 0 aliphatic carbocycles. The zero-order valence-electron chi connectivity index (χ0n) is 50.5. The Bertz CT molecular complexity index is 4150. The van der Waals surface area contributed by atoms with Gasteiger partial charge in [-0.05, 0) is 129 Å². The van der Waals surface area contributed by atoms with Gasteiger partial charge in [-0.2, -0.15) is 0 Å². The van der Waals surface area contributed by atoms with E-state index in [9.17, 15) is 15.1 Å². The van der Waals surface area contributed by atoms with Crippen LogP contribution < -0.4 is 0 Å². The summed E-state index contributed by atoms with van der Waals surface area (Å²) in [5.74, 6) is 0. The van der Waals surface area contributed by atoms with Gasteiger partial charge in [0.05, 0.1) is 34.3 Å². The molecule has 0 aliphatic rings. The summed E-state index contributed by atoms with van der Waals surface area (Å²) in [5, 5.41) is -5.34. The molecule has 0 nitrogen and oxygen atoms in total. The van der Waals surface area contributed by atoms with Crippen molar-refractivity contribution in [2.45, 2.75) is 0 Å². The van der Waals surface area contributed by atoms with Crippen molar-refractivity contribution in [3.8, 4) is 44.5 Å². The van der Waals surface area contributed by atoms with Gasteiger partial charge in [0.15, 0.2) is 0 Å². The normalized spacial score (nSPS) is 18.6. The standard InChI is InChI=1S/C50H32/c1-3-14-33(15-4-1)38-29-39(34-16-5-2-6-17-34)31-40(30-38)49-44-20-9-11-22-46(44)50(47-23-12-10-21-45(47)49)43-25-13-24-41-42(43)27-26-37-28-35-18-7-8-19-36(35)32-48(37)41/h1-32H/i1D,2D,7D,8D,9D,10D,11D,12D,13D,14D,15D,16D,17D,18D,19D,20D,21D,22D,23D,24D,25D,26D,27D,28D,32D. The summed E-state index contributed by atoms with van der Waals surface area (Å²) in [5.41, 5.74) is -1.86. The van der Waals surface area contributed by atoms with E-state index in [0.717, 1.165) is 24.3 Å². The van der Waals surface area contributed by atoms with E-state index in [4.69, 9.17) is 19.2 Å². The molecule has 0 N–H and O–H groups in total. The van der Waals surface area contributed by atoms with E-state index in [0.29, 0.717) is 0 Å². The van der Waals surface area contributed by atoms with Gasteiger partial charge in [0.25, 0.3) is 0 Å². The molecule has 0 radical (unpaired) electrons. The average Bonchev–Trinajstić information content (AvgIpc) is 3.34. The monoisotopic (exact) mass is 657 g/mol. The number of benzene rings is 10. The predicted octanol–water partition coefficient (Wildman–Crippen LogP) is 14.1. The van der Waals surface area contributed by atoms with Crippen LogP contribution in [0, 0.1) is 0 Å². The van der Waals surface area contributed by atoms with Crippen molar-refractivity contribution >= 4 is 53.9 Å². The summed E-state index contributed by atoms with van der Waals surface area (Å²) in [6, 6.07) is -8.87. The molecule has 0 heteroatoms. The summed E-state index contributed by atoms with van der Waals surface area (Å²) in [4.78, 5) is 0. The first kappa shape index (κ1) is 13.1. The summed E-state index contributed by atoms with van der Waals surface area (Å²) in [6.45, 7) is 0. The lowest BCUT2D eigenvalue weighted by atomic mass is 9.83. The van der Waals surface area contributed by atoms with Crippen molar-refractivity contribution in [1.82, 2.24) is 0 Å². The summed E-state index contributed by atoms with van der Waals surface area (Å²) >= 11 is 0. The van der Waals surface area contributed by atoms with E-state index < -0.39 is 180 Å². The van der Waals surface area contributed by atoms with Crippen molar-refractivity contribution in [1.29, 1.82) is 0 Å². The van der Waals surface area contributed by atoms with Crippen molar-refractivity contribution in [2.24, 2.45) is 0 Å². The number of fused-ring (bicyclic) bond motifs is 6. The topological polar surface area (TPSA) is 0 Å². The van der Waals surface area contributed by atoms with Crippen LogP contribution in [0.3, 0.4) is 0 Å². The Morgan fingerprint density at radius 1 is 0.280 bits per heavy atom. The fourth-order valence-corrected chi connectivity index (χ4v) is 6.37. The van der Waals surface area contributed by atoms with Crippen LogP contribution in [-0.4, -0.2) is 0 Å². The fraction of sp³-hybridized carbons (Fsp3) is 0. The van der Waals surface area contributed by atoms with Crippen LogP contribution in [0.4, 0.5) is 0 Å². The lowest BCUT2D eigenvalue weighted by molar-refractivity contribution is 1.58. The highest BCUT2D eigenvalue weighted by atomic mass is 14.2. The average molecular weight is 658 g/mol. The second kappa shape index (κ2) is 11.6. The second-order valence-electron chi connectivity index (χ2n) is 11.3. The van der Waals surface area contributed by atoms with E-state index in [1.165, 1.54) is 18.2 Å². The first-order valence-corrected chi connectivity index (χ1v) is 15.3. The first-order chi connectivity index (χ1) is 35.1. The molecular formula is C50H32. The van der Waals surface area contributed by atoms with Crippen molar-refractivity contribution in [3.63, 3.8) is 0 Å². The van der Waals surface area contributed by atoms with Crippen LogP contribution in [0.5, 0.6) is 0 Å². The molecule has 0 amide bonds. The van der Waals surface area contributed by atoms with Crippen LogP contribution in [-0.2, 0) is 0 Å². The predicted molar refractivity (Wildman–Crippen MR) is 216 cm³/mol. The molecule has 0 heterocycles. The Morgan fingerprint density at radius 3 is 1.38 bits per heavy atom. The third-order valence-electron chi connectivity index (χ3n) is 8.50. The SMILES string of the molecule is [2H]c1cc([2H])c(-c2cc(-c3c([2H])cc([2H])cc3[2H])cc(-c3c4c([2H])c([2H])c([2H])c([2H])c4c(-c4c([2H])c([2H])c([2H])c5c4c([2H])c([2H])c4c([2H])c6c([2H])c([2H])c([2H])c([2H])c6c([2H])c45)c4c([2H])c([2H])c([2H])c([2H])c34)c2)c([2H])c1. The molecule has 0 spiro atoms. The van der Waals surface area contributed by atoms with Crippen molar-refractivity contribution in [2.75, 3.05) is 0 Å². The molecule has 10 rings (SSSR count). The zero-order chi connectivity index (χ0) is 54.8. The Hall–Kier alpha value is -6.50. The molecule has 10 aromatic rings.